The van der Waals surface area contributed by atoms with Gasteiger partial charge in [0.15, 0.2) is 5.84 Å². The van der Waals surface area contributed by atoms with E-state index in [1.165, 1.54) is 11.1 Å². The highest BCUT2D eigenvalue weighted by atomic mass is 32.1. The molecule has 1 heterocycles. The van der Waals surface area contributed by atoms with Gasteiger partial charge in [0.25, 0.3) is 0 Å². The molecule has 0 saturated heterocycles. The van der Waals surface area contributed by atoms with Crippen molar-refractivity contribution in [3.8, 4) is 0 Å². The van der Waals surface area contributed by atoms with Crippen LogP contribution in [0.5, 0.6) is 0 Å². The Morgan fingerprint density at radius 1 is 1.06 bits per heavy atom. The topological polar surface area (TPSA) is 43.2 Å². The van der Waals surface area contributed by atoms with Crippen molar-refractivity contribution in [2.45, 2.75) is 51.9 Å². The van der Waals surface area contributed by atoms with E-state index in [4.69, 9.17) is 22.2 Å². The van der Waals surface area contributed by atoms with Gasteiger partial charge in [0.05, 0.1) is 17.6 Å². The van der Waals surface area contributed by atoms with Crippen LogP contribution >= 0.6 is 12.2 Å². The second-order valence-corrected chi connectivity index (χ2v) is 9.35. The number of guanidine groups is 1. The molecular weight excluding hydrogens is 402 g/mol. The monoisotopic (exact) mass is 435 g/mol. The summed E-state index contributed by atoms with van der Waals surface area (Å²) < 4.78 is 0. The summed E-state index contributed by atoms with van der Waals surface area (Å²) in [6.07, 6.45) is 0. The van der Waals surface area contributed by atoms with Crippen LogP contribution in [0.25, 0.3) is 0 Å². The number of likely N-dealkylation sites (N-methyl/N-ethyl adjacent to an activating group) is 2. The Balaban J connectivity index is 1.76. The second-order valence-electron chi connectivity index (χ2n) is 8.94. The van der Waals surface area contributed by atoms with E-state index in [0.717, 1.165) is 16.8 Å². The summed E-state index contributed by atoms with van der Waals surface area (Å²) in [6, 6.07) is 20.6. The van der Waals surface area contributed by atoms with Gasteiger partial charge < -0.3 is 15.1 Å². The van der Waals surface area contributed by atoms with Gasteiger partial charge in [-0.05, 0) is 38.8 Å². The lowest BCUT2D eigenvalue weighted by molar-refractivity contribution is 0.264. The van der Waals surface area contributed by atoms with E-state index in [1.807, 2.05) is 43.4 Å². The number of rotatable bonds is 6. The first-order valence-corrected chi connectivity index (χ1v) is 11.0. The maximum absolute atomic E-state index is 5.78. The lowest BCUT2D eigenvalue weighted by Gasteiger charge is -2.41. The average molecular weight is 436 g/mol. The van der Waals surface area contributed by atoms with Crippen LogP contribution in [-0.4, -0.2) is 51.8 Å². The highest BCUT2D eigenvalue weighted by Crippen LogP contribution is 2.28. The molecule has 0 radical (unpaired) electrons. The number of nitrogens with zero attached hydrogens (tertiary/aromatic N) is 4. The van der Waals surface area contributed by atoms with Crippen molar-refractivity contribution >= 4 is 29.0 Å². The third-order valence-corrected chi connectivity index (χ3v) is 6.78. The number of benzene rings is 2. The number of hydrogen-bond acceptors (Lipinski definition) is 4. The standard InChI is InChI=1S/C25H33N5S/c1-24(2)21(26-17-19-13-9-7-10-14-19)28-23(29(24)5)30(6)25(3,4)22(31)27-18-20-15-11-8-12-16-20/h7-16H,17-18H2,1-6H3,(H,27,31). The molecule has 0 aliphatic carbocycles. The Kier molecular flexibility index (Phi) is 6.80. The van der Waals surface area contributed by atoms with E-state index in [2.05, 4.69) is 74.1 Å². The number of thiocarbonyl (C=S) groups is 1. The molecule has 3 rings (SSSR count). The summed E-state index contributed by atoms with van der Waals surface area (Å²) in [4.78, 5) is 14.9. The van der Waals surface area contributed by atoms with Gasteiger partial charge in [-0.15, -0.1) is 0 Å². The SMILES string of the molecule is CN(C1=NC(=NCc2ccccc2)C(C)(C)N1C)C(C)(C)C(=S)NCc1ccccc1. The number of nitrogens with one attached hydrogen (secondary N) is 1. The predicted octanol–water partition coefficient (Wildman–Crippen LogP) is 4.49. The van der Waals surface area contributed by atoms with E-state index >= 15 is 0 Å². The molecule has 2 aromatic carbocycles. The van der Waals surface area contributed by atoms with Crippen LogP contribution in [0.3, 0.4) is 0 Å². The molecule has 0 aromatic heterocycles. The second kappa shape index (κ2) is 9.18. The molecule has 2 aromatic rings. The zero-order valence-corrected chi connectivity index (χ0v) is 20.2. The van der Waals surface area contributed by atoms with Crippen LogP contribution < -0.4 is 5.32 Å². The Bertz CT molecular complexity index is 964. The molecule has 31 heavy (non-hydrogen) atoms. The predicted molar refractivity (Wildman–Crippen MR) is 135 cm³/mol. The summed E-state index contributed by atoms with van der Waals surface area (Å²) in [7, 11) is 4.11. The first-order chi connectivity index (χ1) is 14.6. The van der Waals surface area contributed by atoms with E-state index in [0.29, 0.717) is 13.1 Å². The van der Waals surface area contributed by atoms with E-state index in [-0.39, 0.29) is 5.54 Å². The van der Waals surface area contributed by atoms with Crippen LogP contribution in [0.4, 0.5) is 0 Å². The van der Waals surface area contributed by atoms with Crippen molar-refractivity contribution < 1.29 is 0 Å². The van der Waals surface area contributed by atoms with Crippen LogP contribution in [0, 0.1) is 0 Å². The Labute approximate surface area is 191 Å². The van der Waals surface area contributed by atoms with Crippen molar-refractivity contribution in [1.29, 1.82) is 0 Å². The molecule has 0 atom stereocenters. The Morgan fingerprint density at radius 3 is 2.19 bits per heavy atom. The minimum absolute atomic E-state index is 0.298. The minimum Gasteiger partial charge on any atom is -0.374 e. The fourth-order valence-electron chi connectivity index (χ4n) is 3.38. The molecule has 1 aliphatic heterocycles. The molecule has 0 amide bonds. The van der Waals surface area contributed by atoms with Crippen LogP contribution in [0.2, 0.25) is 0 Å². The molecule has 164 valence electrons. The van der Waals surface area contributed by atoms with E-state index < -0.39 is 5.54 Å². The first kappa shape index (κ1) is 22.9. The summed E-state index contributed by atoms with van der Waals surface area (Å²) in [5.41, 5.74) is 1.67. The number of hydrogen-bond donors (Lipinski definition) is 1. The molecule has 1 N–H and O–H groups in total. The molecule has 6 heteroatoms. The van der Waals surface area contributed by atoms with Crippen molar-refractivity contribution in [2.75, 3.05) is 14.1 Å². The van der Waals surface area contributed by atoms with Gasteiger partial charge in [-0.2, -0.15) is 4.99 Å². The highest BCUT2D eigenvalue weighted by Gasteiger charge is 2.43. The van der Waals surface area contributed by atoms with Crippen molar-refractivity contribution in [3.05, 3.63) is 71.8 Å². The largest absolute Gasteiger partial charge is 0.374 e. The van der Waals surface area contributed by atoms with Crippen LogP contribution in [0.1, 0.15) is 38.8 Å². The van der Waals surface area contributed by atoms with Gasteiger partial charge in [-0.25, -0.2) is 0 Å². The van der Waals surface area contributed by atoms with E-state index in [1.54, 1.807) is 0 Å². The van der Waals surface area contributed by atoms with Crippen LogP contribution in [0.15, 0.2) is 70.6 Å². The maximum Gasteiger partial charge on any atom is 0.204 e. The highest BCUT2D eigenvalue weighted by molar-refractivity contribution is 7.80. The first-order valence-electron chi connectivity index (χ1n) is 10.6. The third-order valence-electron chi connectivity index (χ3n) is 6.14. The molecule has 5 nitrogen and oxygen atoms in total. The van der Waals surface area contributed by atoms with Gasteiger partial charge >= 0.3 is 0 Å². The molecule has 0 bridgehead atoms. The lowest BCUT2D eigenvalue weighted by atomic mass is 10.0. The van der Waals surface area contributed by atoms with Crippen molar-refractivity contribution in [3.63, 3.8) is 0 Å². The summed E-state index contributed by atoms with van der Waals surface area (Å²) >= 11 is 5.78. The molecule has 0 unspecified atom stereocenters. The molecule has 0 spiro atoms. The summed E-state index contributed by atoms with van der Waals surface area (Å²) in [5, 5.41) is 3.42. The van der Waals surface area contributed by atoms with Crippen molar-refractivity contribution in [1.82, 2.24) is 15.1 Å². The van der Waals surface area contributed by atoms with Gasteiger partial charge in [-0.3, -0.25) is 4.99 Å². The average Bonchev–Trinajstić information content (AvgIpc) is 3.00. The van der Waals surface area contributed by atoms with E-state index in [9.17, 15) is 0 Å². The van der Waals surface area contributed by atoms with Gasteiger partial charge in [0, 0.05) is 20.6 Å². The zero-order valence-electron chi connectivity index (χ0n) is 19.4. The summed E-state index contributed by atoms with van der Waals surface area (Å²) in [5.74, 6) is 1.70. The Morgan fingerprint density at radius 2 is 1.61 bits per heavy atom. The number of amidine groups is 1. The minimum atomic E-state index is -0.415. The van der Waals surface area contributed by atoms with Gasteiger partial charge in [-0.1, -0.05) is 72.9 Å². The molecule has 0 saturated carbocycles. The molecule has 0 fully saturated rings. The third kappa shape index (κ3) is 4.96. The fraction of sp³-hybridized carbons (Fsp3) is 0.400. The fourth-order valence-corrected chi connectivity index (χ4v) is 3.59. The maximum atomic E-state index is 5.78. The van der Waals surface area contributed by atoms with Gasteiger partial charge in [0.1, 0.15) is 4.99 Å². The smallest absolute Gasteiger partial charge is 0.204 e. The molecular formula is C25H33N5S. The summed E-state index contributed by atoms with van der Waals surface area (Å²) in [6.45, 7) is 9.87. The van der Waals surface area contributed by atoms with Crippen molar-refractivity contribution in [2.24, 2.45) is 9.98 Å². The quantitative estimate of drug-likeness (QED) is 0.679. The van der Waals surface area contributed by atoms with Crippen LogP contribution in [-0.2, 0) is 13.1 Å². The lowest BCUT2D eigenvalue weighted by Crippen LogP contribution is -2.58. The van der Waals surface area contributed by atoms with Gasteiger partial charge in [0.2, 0.25) is 5.96 Å². The normalized spacial score (nSPS) is 16.9. The zero-order chi connectivity index (χ0) is 22.6. The Hall–Kier alpha value is -2.73. The molecule has 1 aliphatic rings. The number of aliphatic imine (C=N–C) groups is 2.